The van der Waals surface area contributed by atoms with Gasteiger partial charge in [0.25, 0.3) is 0 Å². The summed E-state index contributed by atoms with van der Waals surface area (Å²) in [5, 5.41) is 43.0. The summed E-state index contributed by atoms with van der Waals surface area (Å²) in [5.41, 5.74) is 12.1. The lowest BCUT2D eigenvalue weighted by Gasteiger charge is -2.17. The second-order valence-electron chi connectivity index (χ2n) is 26.3. The van der Waals surface area contributed by atoms with Crippen LogP contribution in [-0.2, 0) is 28.7 Å². The summed E-state index contributed by atoms with van der Waals surface area (Å²) < 4.78 is 11.3. The molecular weight excluding hydrogens is 1540 g/mol. The number of cyclic esters (lactones) is 2. The molecule has 2 aliphatic rings. The van der Waals surface area contributed by atoms with E-state index in [1.54, 1.807) is 23.5 Å². The number of esters is 2. The zero-order valence-corrected chi connectivity index (χ0v) is 66.0. The van der Waals surface area contributed by atoms with Gasteiger partial charge in [0.05, 0.1) is 35.9 Å². The number of rotatable bonds is 26. The summed E-state index contributed by atoms with van der Waals surface area (Å²) in [6.07, 6.45) is -0.132. The molecule has 0 unspecified atom stereocenters. The summed E-state index contributed by atoms with van der Waals surface area (Å²) in [6, 6.07) is 102. The van der Waals surface area contributed by atoms with Gasteiger partial charge in [-0.25, -0.2) is 0 Å². The molecule has 4 N–H and O–H groups in total. The summed E-state index contributed by atoms with van der Waals surface area (Å²) in [6.45, 7) is 0. The minimum Gasteiger partial charge on any atom is -0.481 e. The molecule has 2 heterocycles. The molecule has 0 aliphatic carbocycles. The van der Waals surface area contributed by atoms with Crippen molar-refractivity contribution in [1.82, 2.24) is 0 Å². The van der Waals surface area contributed by atoms with Crippen LogP contribution in [0.25, 0.3) is 44.5 Å². The first-order valence-corrected chi connectivity index (χ1v) is 41.3. The van der Waals surface area contributed by atoms with Gasteiger partial charge in [0, 0.05) is 75.5 Å². The number of aliphatic carboxylic acids is 2. The number of thioether (sulfide) groups is 4. The summed E-state index contributed by atoms with van der Waals surface area (Å²) >= 11 is 30.1. The van der Waals surface area contributed by atoms with E-state index in [-0.39, 0.29) is 48.8 Å². The number of hydrogen-bond donors (Lipinski definition) is 4. The maximum Gasteiger partial charge on any atom is 0.310 e. The van der Waals surface area contributed by atoms with E-state index in [0.29, 0.717) is 32.7 Å². The van der Waals surface area contributed by atoms with Crippen molar-refractivity contribution in [2.75, 3.05) is 23.0 Å². The van der Waals surface area contributed by atoms with Gasteiger partial charge in [0.2, 0.25) is 0 Å². The highest BCUT2D eigenvalue weighted by Gasteiger charge is 2.37. The van der Waals surface area contributed by atoms with E-state index in [0.717, 1.165) is 99.8 Å². The Morgan fingerprint density at radius 2 is 0.555 bits per heavy atom. The Morgan fingerprint density at radius 3 is 0.800 bits per heavy atom. The number of ether oxygens (including phenoxy) is 2. The van der Waals surface area contributed by atoms with Crippen molar-refractivity contribution < 1.29 is 49.1 Å². The Morgan fingerprint density at radius 1 is 0.327 bits per heavy atom. The number of benzene rings is 12. The zero-order chi connectivity index (χ0) is 77.1. The predicted molar refractivity (Wildman–Crippen MR) is 452 cm³/mol. The zero-order valence-electron chi connectivity index (χ0n) is 59.7. The van der Waals surface area contributed by atoms with Gasteiger partial charge in [-0.2, -0.15) is 0 Å². The van der Waals surface area contributed by atoms with Crippen molar-refractivity contribution in [3.63, 3.8) is 0 Å². The fraction of sp³-hybridized carbons (Fsp3) is 0.174. The highest BCUT2D eigenvalue weighted by atomic mass is 35.5. The Hall–Kier alpha value is -9.00. The molecule has 110 heavy (non-hydrogen) atoms. The van der Waals surface area contributed by atoms with Crippen LogP contribution >= 0.6 is 93.5 Å². The minimum absolute atomic E-state index is 0.0591. The van der Waals surface area contributed by atoms with Crippen LogP contribution in [0.15, 0.2) is 335 Å². The van der Waals surface area contributed by atoms with Gasteiger partial charge < -0.3 is 29.9 Å². The molecule has 2 saturated heterocycles. The smallest absolute Gasteiger partial charge is 0.310 e. The Labute approximate surface area is 679 Å². The maximum absolute atomic E-state index is 12.3. The molecule has 12 aromatic rings. The summed E-state index contributed by atoms with van der Waals surface area (Å²) in [7, 11) is 0. The first kappa shape index (κ1) is 82.0. The van der Waals surface area contributed by atoms with Crippen LogP contribution in [0.3, 0.4) is 0 Å². The largest absolute Gasteiger partial charge is 0.481 e. The first-order valence-electron chi connectivity index (χ1n) is 35.8. The van der Waals surface area contributed by atoms with Gasteiger partial charge in [-0.3, -0.25) is 19.2 Å². The summed E-state index contributed by atoms with van der Waals surface area (Å²) in [4.78, 5) is 52.2. The topological polar surface area (TPSA) is 168 Å². The fourth-order valence-corrected chi connectivity index (χ4v) is 16.8. The van der Waals surface area contributed by atoms with E-state index in [4.69, 9.17) is 55.9 Å². The number of carboxylic acid groups (broad SMARTS) is 2. The molecule has 0 bridgehead atoms. The van der Waals surface area contributed by atoms with Crippen molar-refractivity contribution in [2.24, 2.45) is 23.7 Å². The van der Waals surface area contributed by atoms with Crippen LogP contribution in [0.5, 0.6) is 0 Å². The Bertz CT molecular complexity index is 4540. The molecule has 14 rings (SSSR count). The average Bonchev–Trinajstić information content (AvgIpc) is 1.64. The number of halogens is 4. The average molecular weight is 1620 g/mol. The number of carboxylic acids is 2. The van der Waals surface area contributed by atoms with Crippen molar-refractivity contribution in [3.8, 4) is 44.5 Å². The van der Waals surface area contributed by atoms with Gasteiger partial charge in [0.15, 0.2) is 0 Å². The lowest BCUT2D eigenvalue weighted by atomic mass is 9.96. The number of aliphatic hydroxyl groups is 2. The van der Waals surface area contributed by atoms with E-state index in [1.807, 2.05) is 243 Å². The molecule has 560 valence electrons. The van der Waals surface area contributed by atoms with E-state index < -0.39 is 36.0 Å². The summed E-state index contributed by atoms with van der Waals surface area (Å²) in [5.74, 6) is -1.00. The molecular formula is C92H80Cl4O10S4. The quantitative estimate of drug-likeness (QED) is 0.0299. The van der Waals surface area contributed by atoms with Crippen molar-refractivity contribution in [2.45, 2.75) is 69.7 Å². The fourth-order valence-electron chi connectivity index (χ4n) is 12.2. The molecule has 0 amide bonds. The molecule has 0 radical (unpaired) electrons. The van der Waals surface area contributed by atoms with E-state index in [2.05, 4.69) is 72.8 Å². The monoisotopic (exact) mass is 1610 g/mol. The Balaban J connectivity index is 0.000000145. The molecule has 2 fully saturated rings. The third-order valence-corrected chi connectivity index (χ3v) is 24.2. The second-order valence-corrected chi connectivity index (χ2v) is 32.4. The number of hydrogen-bond acceptors (Lipinski definition) is 12. The van der Waals surface area contributed by atoms with Gasteiger partial charge >= 0.3 is 23.9 Å². The normalized spacial score (nSPS) is 16.0. The highest BCUT2D eigenvalue weighted by molar-refractivity contribution is 8.00. The minimum atomic E-state index is -0.889. The van der Waals surface area contributed by atoms with E-state index in [9.17, 15) is 39.6 Å². The molecule has 0 aromatic heterocycles. The Kier molecular flexibility index (Phi) is 31.2. The highest BCUT2D eigenvalue weighted by Crippen LogP contribution is 2.40. The van der Waals surface area contributed by atoms with Crippen LogP contribution in [0.4, 0.5) is 0 Å². The molecule has 8 atom stereocenters. The third kappa shape index (κ3) is 25.0. The number of aliphatic hydroxyl groups excluding tert-OH is 2. The van der Waals surface area contributed by atoms with Gasteiger partial charge in [0.1, 0.15) is 12.2 Å². The molecule has 12 aromatic carbocycles. The van der Waals surface area contributed by atoms with Crippen LogP contribution in [0, 0.1) is 23.7 Å². The molecule has 0 saturated carbocycles. The molecule has 2 aliphatic heterocycles. The van der Waals surface area contributed by atoms with Gasteiger partial charge in [-0.15, -0.1) is 47.0 Å². The molecule has 18 heteroatoms. The maximum atomic E-state index is 12.3. The first-order chi connectivity index (χ1) is 53.4. The van der Waals surface area contributed by atoms with Gasteiger partial charge in [-0.1, -0.05) is 265 Å². The van der Waals surface area contributed by atoms with Crippen molar-refractivity contribution >= 4 is 117 Å². The van der Waals surface area contributed by atoms with E-state index >= 15 is 0 Å². The third-order valence-electron chi connectivity index (χ3n) is 18.5. The second kappa shape index (κ2) is 41.9. The van der Waals surface area contributed by atoms with Crippen LogP contribution in [-0.4, -0.2) is 67.3 Å². The van der Waals surface area contributed by atoms with Gasteiger partial charge in [-0.05, 0) is 177 Å². The van der Waals surface area contributed by atoms with E-state index in [1.165, 1.54) is 33.3 Å². The van der Waals surface area contributed by atoms with Crippen LogP contribution < -0.4 is 0 Å². The number of carbonyl (C=O) groups is 4. The predicted octanol–water partition coefficient (Wildman–Crippen LogP) is 24.7. The molecule has 0 spiro atoms. The number of carbonyl (C=O) groups excluding carboxylic acids is 2. The standard InChI is InChI=1S/2C23H21ClO3S.2C23H19ClO2S/c2*24-20-12-10-17(11-13-20)16-6-8-18(9-7-16)22(25)14-19(23(26)27)15-28-21-4-2-1-3-5-21;2*24-20-12-10-17(11-13-20)16-6-8-18(9-7-16)22-14-19(23(25)26-22)15-27-21-4-2-1-3-5-21/h2*1-13,19,22,25H,14-15H2,(H,26,27);2*1-13,19,22H,14-15H2/t19-,22+;19-,22-;19-,22+;19-,22-/m1111/s1. The van der Waals surface area contributed by atoms with Crippen LogP contribution in [0.2, 0.25) is 20.1 Å². The van der Waals surface area contributed by atoms with Crippen molar-refractivity contribution in [3.05, 3.63) is 358 Å². The van der Waals surface area contributed by atoms with Crippen molar-refractivity contribution in [1.29, 1.82) is 0 Å². The molecule has 10 nitrogen and oxygen atoms in total. The lowest BCUT2D eigenvalue weighted by Crippen LogP contribution is -2.19. The lowest BCUT2D eigenvalue weighted by molar-refractivity contribution is -0.144. The SMILES string of the molecule is O=C(O)[C@@H](CSc1ccccc1)C[C@@H](O)c1ccc(-c2ccc(Cl)cc2)cc1.O=C(O)[C@@H](CSc1ccccc1)C[C@H](O)c1ccc(-c2ccc(Cl)cc2)cc1.O=C1O[C@@H](c2ccc(-c3ccc(Cl)cc3)cc2)C[C@@H]1CSc1ccccc1.O=C1O[C@H](c2ccc(-c3ccc(Cl)cc3)cc2)C[C@@H]1CSc1ccccc1. The van der Waals surface area contributed by atoms with Crippen LogP contribution in [0.1, 0.15) is 72.4 Å².